The zero-order valence-electron chi connectivity index (χ0n) is 18.1. The van der Waals surface area contributed by atoms with Gasteiger partial charge in [-0.3, -0.25) is 19.4 Å². The molecular weight excluding hydrogens is 410 g/mol. The van der Waals surface area contributed by atoms with E-state index in [1.165, 1.54) is 17.0 Å². The van der Waals surface area contributed by atoms with Crippen molar-refractivity contribution in [3.05, 3.63) is 59.7 Å². The van der Waals surface area contributed by atoms with Crippen molar-refractivity contribution >= 4 is 29.2 Å². The van der Waals surface area contributed by atoms with E-state index in [9.17, 15) is 19.5 Å². The van der Waals surface area contributed by atoms with E-state index in [-0.39, 0.29) is 36.6 Å². The molecular formula is C24H27N3O5. The maximum absolute atomic E-state index is 13.2. The van der Waals surface area contributed by atoms with Crippen LogP contribution in [0.5, 0.6) is 0 Å². The normalized spacial score (nSPS) is 18.2. The van der Waals surface area contributed by atoms with Gasteiger partial charge in [0.15, 0.2) is 0 Å². The maximum atomic E-state index is 13.2. The van der Waals surface area contributed by atoms with Crippen LogP contribution in [0.25, 0.3) is 0 Å². The summed E-state index contributed by atoms with van der Waals surface area (Å²) < 4.78 is 5.69. The van der Waals surface area contributed by atoms with Crippen LogP contribution in [-0.4, -0.2) is 67.2 Å². The largest absolute Gasteiger partial charge is 0.478 e. The number of carbonyl (C=O) groups excluding carboxylic acids is 2. The first-order valence-corrected chi connectivity index (χ1v) is 10.7. The fraction of sp³-hybridized carbons (Fsp3) is 0.375. The molecule has 168 valence electrons. The van der Waals surface area contributed by atoms with E-state index >= 15 is 0 Å². The highest BCUT2D eigenvalue weighted by molar-refractivity contribution is 6.12. The second kappa shape index (κ2) is 9.50. The van der Waals surface area contributed by atoms with Crippen LogP contribution in [0.15, 0.2) is 48.5 Å². The van der Waals surface area contributed by atoms with Crippen molar-refractivity contribution in [3.63, 3.8) is 0 Å². The van der Waals surface area contributed by atoms with Gasteiger partial charge in [0.25, 0.3) is 0 Å². The molecule has 0 saturated carbocycles. The van der Waals surface area contributed by atoms with Gasteiger partial charge in [-0.25, -0.2) is 4.79 Å². The number of likely N-dealkylation sites (N-methyl/N-ethyl adjacent to an activating group) is 1. The Bertz CT molecular complexity index is 1000. The van der Waals surface area contributed by atoms with E-state index in [1.807, 2.05) is 42.3 Å². The third-order valence-corrected chi connectivity index (χ3v) is 5.81. The molecule has 2 amide bonds. The number of ether oxygens (including phenoxy) is 1. The molecule has 8 nitrogen and oxygen atoms in total. The Morgan fingerprint density at radius 1 is 1.16 bits per heavy atom. The average molecular weight is 437 g/mol. The van der Waals surface area contributed by atoms with E-state index in [4.69, 9.17) is 4.74 Å². The van der Waals surface area contributed by atoms with Gasteiger partial charge in [-0.05, 0) is 43.7 Å². The number of carbonyl (C=O) groups is 3. The lowest BCUT2D eigenvalue weighted by molar-refractivity contribution is -0.123. The number of benzene rings is 2. The fourth-order valence-corrected chi connectivity index (χ4v) is 4.22. The average Bonchev–Trinajstić information content (AvgIpc) is 3.29. The molecule has 1 atom stereocenters. The quantitative estimate of drug-likeness (QED) is 0.715. The van der Waals surface area contributed by atoms with E-state index < -0.39 is 5.97 Å². The van der Waals surface area contributed by atoms with Gasteiger partial charge in [0.2, 0.25) is 11.8 Å². The number of aromatic carboxylic acids is 1. The highest BCUT2D eigenvalue weighted by Gasteiger charge is 2.35. The van der Waals surface area contributed by atoms with Crippen LogP contribution in [-0.2, 0) is 20.9 Å². The Labute approximate surface area is 187 Å². The standard InChI is InChI=1S/C24H27N3O5/c1-25(13-17-6-3-2-4-7-17)15-22(28)27-16-23(29)26(14-19-8-5-11-32-19)20-10-9-18(24(30)31)12-21(20)27/h2-4,6-7,9-10,12,19H,5,8,11,13-16H2,1H3,(H,30,31). The number of rotatable bonds is 7. The second-order valence-corrected chi connectivity index (χ2v) is 8.29. The van der Waals surface area contributed by atoms with Gasteiger partial charge >= 0.3 is 5.97 Å². The third kappa shape index (κ3) is 4.81. The summed E-state index contributed by atoms with van der Waals surface area (Å²) in [6.45, 7) is 1.64. The number of carboxylic acids is 1. The SMILES string of the molecule is CN(CC(=O)N1CC(=O)N(CC2CCCO2)c2ccc(C(=O)O)cc21)Cc1ccccc1. The van der Waals surface area contributed by atoms with Gasteiger partial charge in [-0.15, -0.1) is 0 Å². The van der Waals surface area contributed by atoms with Gasteiger partial charge < -0.3 is 14.7 Å². The van der Waals surface area contributed by atoms with E-state index in [1.54, 1.807) is 11.0 Å². The zero-order valence-corrected chi connectivity index (χ0v) is 18.1. The van der Waals surface area contributed by atoms with Crippen molar-refractivity contribution in [3.8, 4) is 0 Å². The Hall–Kier alpha value is -3.23. The molecule has 2 aliphatic rings. The summed E-state index contributed by atoms with van der Waals surface area (Å²) in [4.78, 5) is 42.6. The number of amides is 2. The Morgan fingerprint density at radius 2 is 1.94 bits per heavy atom. The van der Waals surface area contributed by atoms with Crippen molar-refractivity contribution in [2.75, 3.05) is 43.1 Å². The smallest absolute Gasteiger partial charge is 0.335 e. The minimum Gasteiger partial charge on any atom is -0.478 e. The van der Waals surface area contributed by atoms with Gasteiger partial charge in [-0.1, -0.05) is 30.3 Å². The first-order valence-electron chi connectivity index (χ1n) is 10.7. The van der Waals surface area contributed by atoms with Crippen LogP contribution >= 0.6 is 0 Å². The molecule has 1 saturated heterocycles. The second-order valence-electron chi connectivity index (χ2n) is 8.29. The molecule has 8 heteroatoms. The van der Waals surface area contributed by atoms with E-state index in [0.717, 1.165) is 18.4 Å². The molecule has 4 rings (SSSR count). The number of hydrogen-bond acceptors (Lipinski definition) is 5. The summed E-state index contributed by atoms with van der Waals surface area (Å²) in [5.74, 6) is -1.53. The minimum atomic E-state index is -1.08. The summed E-state index contributed by atoms with van der Waals surface area (Å²) in [6.07, 6.45) is 1.78. The monoisotopic (exact) mass is 437 g/mol. The molecule has 0 bridgehead atoms. The number of anilines is 2. The van der Waals surface area contributed by atoms with Gasteiger partial charge in [0.1, 0.15) is 6.54 Å². The molecule has 32 heavy (non-hydrogen) atoms. The molecule has 1 unspecified atom stereocenters. The maximum Gasteiger partial charge on any atom is 0.335 e. The van der Waals surface area contributed by atoms with E-state index in [0.29, 0.717) is 31.1 Å². The molecule has 1 N–H and O–H groups in total. The Balaban J connectivity index is 1.57. The lowest BCUT2D eigenvalue weighted by Gasteiger charge is -2.37. The fourth-order valence-electron chi connectivity index (χ4n) is 4.22. The molecule has 2 aromatic carbocycles. The molecule has 2 aliphatic heterocycles. The molecule has 2 aromatic rings. The lowest BCUT2D eigenvalue weighted by Crippen LogP contribution is -2.52. The summed E-state index contributed by atoms with van der Waals surface area (Å²) in [5, 5.41) is 9.46. The number of hydrogen-bond donors (Lipinski definition) is 1. The van der Waals surface area contributed by atoms with Crippen molar-refractivity contribution in [1.29, 1.82) is 0 Å². The van der Waals surface area contributed by atoms with Gasteiger partial charge in [0, 0.05) is 13.2 Å². The zero-order chi connectivity index (χ0) is 22.7. The highest BCUT2D eigenvalue weighted by Crippen LogP contribution is 2.35. The summed E-state index contributed by atoms with van der Waals surface area (Å²) in [5.41, 5.74) is 2.14. The van der Waals surface area contributed by atoms with Crippen LogP contribution in [0, 0.1) is 0 Å². The lowest BCUT2D eigenvalue weighted by atomic mass is 10.1. The highest BCUT2D eigenvalue weighted by atomic mass is 16.5. The van der Waals surface area contributed by atoms with Crippen molar-refractivity contribution in [2.45, 2.75) is 25.5 Å². The van der Waals surface area contributed by atoms with Gasteiger partial charge in [0.05, 0.1) is 36.1 Å². The van der Waals surface area contributed by atoms with Crippen LogP contribution in [0.4, 0.5) is 11.4 Å². The molecule has 0 spiro atoms. The van der Waals surface area contributed by atoms with Crippen molar-refractivity contribution < 1.29 is 24.2 Å². The number of carboxylic acid groups (broad SMARTS) is 1. The Kier molecular flexibility index (Phi) is 6.53. The number of fused-ring (bicyclic) bond motifs is 1. The van der Waals surface area contributed by atoms with Crippen molar-refractivity contribution in [2.24, 2.45) is 0 Å². The molecule has 0 aromatic heterocycles. The van der Waals surface area contributed by atoms with Crippen LogP contribution in [0.2, 0.25) is 0 Å². The molecule has 0 radical (unpaired) electrons. The molecule has 0 aliphatic carbocycles. The van der Waals surface area contributed by atoms with Crippen LogP contribution in [0.3, 0.4) is 0 Å². The topological polar surface area (TPSA) is 90.4 Å². The molecule has 1 fully saturated rings. The van der Waals surface area contributed by atoms with Crippen LogP contribution < -0.4 is 9.80 Å². The Morgan fingerprint density at radius 3 is 2.62 bits per heavy atom. The third-order valence-electron chi connectivity index (χ3n) is 5.81. The van der Waals surface area contributed by atoms with Crippen molar-refractivity contribution in [1.82, 2.24) is 4.90 Å². The van der Waals surface area contributed by atoms with Crippen LogP contribution in [0.1, 0.15) is 28.8 Å². The first-order chi connectivity index (χ1) is 15.4. The predicted octanol–water partition coefficient (Wildman–Crippen LogP) is 2.38. The number of nitrogens with zero attached hydrogens (tertiary/aromatic N) is 3. The summed E-state index contributed by atoms with van der Waals surface area (Å²) >= 11 is 0. The summed E-state index contributed by atoms with van der Waals surface area (Å²) in [6, 6.07) is 14.4. The van der Waals surface area contributed by atoms with E-state index in [2.05, 4.69) is 0 Å². The predicted molar refractivity (Wildman–Crippen MR) is 120 cm³/mol. The minimum absolute atomic E-state index is 0.0507. The molecule has 2 heterocycles. The first kappa shape index (κ1) is 22.0. The van der Waals surface area contributed by atoms with Gasteiger partial charge in [-0.2, -0.15) is 0 Å². The summed E-state index contributed by atoms with van der Waals surface area (Å²) in [7, 11) is 1.84.